The summed E-state index contributed by atoms with van der Waals surface area (Å²) in [6.07, 6.45) is 0. The van der Waals surface area contributed by atoms with Crippen molar-refractivity contribution in [3.63, 3.8) is 0 Å². The topological polar surface area (TPSA) is 59.6 Å². The summed E-state index contributed by atoms with van der Waals surface area (Å²) < 4.78 is 11.5. The second kappa shape index (κ2) is 5.65. The highest BCUT2D eigenvalue weighted by molar-refractivity contribution is 9.10. The van der Waals surface area contributed by atoms with Gasteiger partial charge in [-0.25, -0.2) is 4.79 Å². The third-order valence-corrected chi connectivity index (χ3v) is 3.94. The van der Waals surface area contributed by atoms with E-state index in [2.05, 4.69) is 26.6 Å². The summed E-state index contributed by atoms with van der Waals surface area (Å²) in [5, 5.41) is 5.54. The lowest BCUT2D eigenvalue weighted by Gasteiger charge is -2.09. The van der Waals surface area contributed by atoms with Gasteiger partial charge in [0.1, 0.15) is 0 Å². The van der Waals surface area contributed by atoms with Gasteiger partial charge in [0.05, 0.1) is 0 Å². The quantitative estimate of drug-likeness (QED) is 0.857. The summed E-state index contributed by atoms with van der Waals surface area (Å²) in [7, 11) is 0. The maximum absolute atomic E-state index is 12.0. The minimum atomic E-state index is -0.310. The zero-order valence-electron chi connectivity index (χ0n) is 11.3. The Balaban J connectivity index is 1.67. The molecule has 2 N–H and O–H groups in total. The molecule has 21 heavy (non-hydrogen) atoms. The number of amides is 2. The molecular weight excluding hydrogens is 336 g/mol. The number of fused-ring (bicyclic) bond motifs is 1. The number of aryl methyl sites for hydroxylation is 1. The number of nitrogens with one attached hydrogen (secondary N) is 2. The van der Waals surface area contributed by atoms with Gasteiger partial charge in [-0.3, -0.25) is 0 Å². The van der Waals surface area contributed by atoms with Gasteiger partial charge < -0.3 is 20.1 Å². The minimum Gasteiger partial charge on any atom is -0.454 e. The summed E-state index contributed by atoms with van der Waals surface area (Å²) >= 11 is 3.42. The van der Waals surface area contributed by atoms with E-state index in [4.69, 9.17) is 9.47 Å². The molecule has 6 heteroatoms. The fourth-order valence-electron chi connectivity index (χ4n) is 1.99. The van der Waals surface area contributed by atoms with Crippen LogP contribution in [0.3, 0.4) is 0 Å². The van der Waals surface area contributed by atoms with Crippen LogP contribution in [0.1, 0.15) is 5.56 Å². The molecule has 0 aromatic heterocycles. The zero-order chi connectivity index (χ0) is 14.8. The highest BCUT2D eigenvalue weighted by Crippen LogP contribution is 2.34. The third kappa shape index (κ3) is 3.11. The van der Waals surface area contributed by atoms with Crippen LogP contribution in [0.4, 0.5) is 16.2 Å². The average Bonchev–Trinajstić information content (AvgIpc) is 2.90. The highest BCUT2D eigenvalue weighted by atomic mass is 79.9. The Morgan fingerprint density at radius 1 is 1.05 bits per heavy atom. The summed E-state index contributed by atoms with van der Waals surface area (Å²) in [6, 6.07) is 10.6. The van der Waals surface area contributed by atoms with Crippen LogP contribution in [0.25, 0.3) is 0 Å². The first-order valence-corrected chi connectivity index (χ1v) is 7.15. The summed E-state index contributed by atoms with van der Waals surface area (Å²) in [4.78, 5) is 12.0. The molecule has 2 amide bonds. The maximum Gasteiger partial charge on any atom is 0.323 e. The first kappa shape index (κ1) is 13.8. The second-order valence-electron chi connectivity index (χ2n) is 4.61. The molecule has 2 aromatic rings. The second-order valence-corrected chi connectivity index (χ2v) is 5.47. The molecular formula is C15H13BrN2O3. The molecule has 0 fully saturated rings. The number of carbonyl (C=O) groups is 1. The lowest BCUT2D eigenvalue weighted by Crippen LogP contribution is -2.19. The van der Waals surface area contributed by atoms with E-state index in [1.165, 1.54) is 0 Å². The van der Waals surface area contributed by atoms with Crippen molar-refractivity contribution in [1.29, 1.82) is 0 Å². The molecule has 0 unspecified atom stereocenters. The number of benzene rings is 2. The number of rotatable bonds is 2. The lowest BCUT2D eigenvalue weighted by atomic mass is 10.2. The number of anilines is 2. The van der Waals surface area contributed by atoms with Gasteiger partial charge in [-0.15, -0.1) is 0 Å². The number of halogens is 1. The first-order chi connectivity index (χ1) is 10.1. The fraction of sp³-hybridized carbons (Fsp3) is 0.133. The van der Waals surface area contributed by atoms with E-state index in [0.717, 1.165) is 15.7 Å². The van der Waals surface area contributed by atoms with Crippen LogP contribution in [0, 0.1) is 6.92 Å². The van der Waals surface area contributed by atoms with Crippen molar-refractivity contribution in [3.8, 4) is 11.5 Å². The standard InChI is InChI=1S/C15H13BrN2O3/c1-9-6-10(2-4-12(9)16)17-15(19)18-11-3-5-13-14(7-11)21-8-20-13/h2-7H,8H2,1H3,(H2,17,18,19). The fourth-order valence-corrected chi connectivity index (χ4v) is 2.24. The van der Waals surface area contributed by atoms with Crippen molar-refractivity contribution in [3.05, 3.63) is 46.4 Å². The van der Waals surface area contributed by atoms with Crippen molar-refractivity contribution in [2.24, 2.45) is 0 Å². The predicted molar refractivity (Wildman–Crippen MR) is 84.1 cm³/mol. The SMILES string of the molecule is Cc1cc(NC(=O)Nc2ccc3c(c2)OCO3)ccc1Br. The molecule has 5 nitrogen and oxygen atoms in total. The van der Waals surface area contributed by atoms with Crippen LogP contribution in [0.2, 0.25) is 0 Å². The van der Waals surface area contributed by atoms with Crippen LogP contribution >= 0.6 is 15.9 Å². The molecule has 108 valence electrons. The van der Waals surface area contributed by atoms with Crippen LogP contribution < -0.4 is 20.1 Å². The Kier molecular flexibility index (Phi) is 3.70. The Labute approximate surface area is 130 Å². The highest BCUT2D eigenvalue weighted by Gasteiger charge is 2.14. The molecule has 0 atom stereocenters. The van der Waals surface area contributed by atoms with Crippen molar-refractivity contribution in [1.82, 2.24) is 0 Å². The number of hydrogen-bond donors (Lipinski definition) is 2. The summed E-state index contributed by atoms with van der Waals surface area (Å²) in [5.74, 6) is 1.32. The van der Waals surface area contributed by atoms with Gasteiger partial charge in [0.25, 0.3) is 0 Å². The Morgan fingerprint density at radius 2 is 1.71 bits per heavy atom. The van der Waals surface area contributed by atoms with Gasteiger partial charge in [0.2, 0.25) is 6.79 Å². The summed E-state index contributed by atoms with van der Waals surface area (Å²) in [6.45, 7) is 2.17. The molecule has 0 bridgehead atoms. The predicted octanol–water partition coefficient (Wildman–Crippen LogP) is 4.13. The largest absolute Gasteiger partial charge is 0.454 e. The van der Waals surface area contributed by atoms with Crippen molar-refractivity contribution < 1.29 is 14.3 Å². The van der Waals surface area contributed by atoms with E-state index in [0.29, 0.717) is 17.2 Å². The van der Waals surface area contributed by atoms with E-state index in [-0.39, 0.29) is 12.8 Å². The summed E-state index contributed by atoms with van der Waals surface area (Å²) in [5.41, 5.74) is 2.43. The Bertz CT molecular complexity index is 703. The van der Waals surface area contributed by atoms with Crippen molar-refractivity contribution in [2.45, 2.75) is 6.92 Å². The number of carbonyl (C=O) groups excluding carboxylic acids is 1. The Morgan fingerprint density at radius 3 is 2.48 bits per heavy atom. The van der Waals surface area contributed by atoms with E-state index in [9.17, 15) is 4.79 Å². The number of ether oxygens (including phenoxy) is 2. The lowest BCUT2D eigenvalue weighted by molar-refractivity contribution is 0.174. The van der Waals surface area contributed by atoms with Crippen molar-refractivity contribution >= 4 is 33.3 Å². The minimum absolute atomic E-state index is 0.211. The molecule has 3 rings (SSSR count). The molecule has 0 aliphatic carbocycles. The number of hydrogen-bond acceptors (Lipinski definition) is 3. The smallest absolute Gasteiger partial charge is 0.323 e. The molecule has 1 aliphatic rings. The van der Waals surface area contributed by atoms with E-state index in [1.807, 2.05) is 25.1 Å². The molecule has 1 heterocycles. The maximum atomic E-state index is 12.0. The zero-order valence-corrected chi connectivity index (χ0v) is 12.9. The van der Waals surface area contributed by atoms with Gasteiger partial charge in [-0.1, -0.05) is 15.9 Å². The van der Waals surface area contributed by atoms with Gasteiger partial charge >= 0.3 is 6.03 Å². The molecule has 0 radical (unpaired) electrons. The van der Waals surface area contributed by atoms with Gasteiger partial charge in [0, 0.05) is 21.9 Å². The van der Waals surface area contributed by atoms with Crippen LogP contribution in [0.5, 0.6) is 11.5 Å². The molecule has 0 saturated heterocycles. The molecule has 1 aliphatic heterocycles. The molecule has 2 aromatic carbocycles. The van der Waals surface area contributed by atoms with Crippen LogP contribution in [-0.2, 0) is 0 Å². The van der Waals surface area contributed by atoms with Crippen molar-refractivity contribution in [2.75, 3.05) is 17.4 Å². The molecule has 0 saturated carbocycles. The van der Waals surface area contributed by atoms with E-state index < -0.39 is 0 Å². The van der Waals surface area contributed by atoms with E-state index >= 15 is 0 Å². The monoisotopic (exact) mass is 348 g/mol. The first-order valence-electron chi connectivity index (χ1n) is 6.35. The van der Waals surface area contributed by atoms with E-state index in [1.54, 1.807) is 18.2 Å². The third-order valence-electron chi connectivity index (χ3n) is 3.05. The number of urea groups is 1. The van der Waals surface area contributed by atoms with Crippen LogP contribution in [0.15, 0.2) is 40.9 Å². The molecule has 0 spiro atoms. The van der Waals surface area contributed by atoms with Crippen LogP contribution in [-0.4, -0.2) is 12.8 Å². The average molecular weight is 349 g/mol. The van der Waals surface area contributed by atoms with Gasteiger partial charge in [-0.2, -0.15) is 0 Å². The van der Waals surface area contributed by atoms with Gasteiger partial charge in [0.15, 0.2) is 11.5 Å². The Hall–Kier alpha value is -2.21. The normalized spacial score (nSPS) is 12.1. The van der Waals surface area contributed by atoms with Gasteiger partial charge in [-0.05, 0) is 42.8 Å².